The number of carbonyl (C=O) groups is 1. The summed E-state index contributed by atoms with van der Waals surface area (Å²) in [6.07, 6.45) is -0.129. The molecule has 0 aliphatic heterocycles. The van der Waals surface area contributed by atoms with E-state index >= 15 is 0 Å². The molecule has 0 bridgehead atoms. The summed E-state index contributed by atoms with van der Waals surface area (Å²) >= 11 is 0. The van der Waals surface area contributed by atoms with Gasteiger partial charge in [-0.1, -0.05) is 0 Å². The van der Waals surface area contributed by atoms with E-state index in [-0.39, 0.29) is 17.7 Å². The summed E-state index contributed by atoms with van der Waals surface area (Å²) in [5, 5.41) is 10.8. The molecule has 0 radical (unpaired) electrons. The van der Waals surface area contributed by atoms with E-state index in [0.717, 1.165) is 4.90 Å². The van der Waals surface area contributed by atoms with Crippen LogP contribution >= 0.6 is 0 Å². The maximum absolute atomic E-state index is 12.2. The highest BCUT2D eigenvalue weighted by Crippen LogP contribution is 2.29. The SMILES string of the molecule is COC(=O)Cc1c(C)c2ccc(O)c(C[NH+](C)C)c2oc1=O. The normalized spacial score (nSPS) is 11.1. The van der Waals surface area contributed by atoms with Crippen LogP contribution in [0, 0.1) is 6.92 Å². The van der Waals surface area contributed by atoms with Gasteiger partial charge in [0.2, 0.25) is 0 Å². The van der Waals surface area contributed by atoms with E-state index in [1.807, 2.05) is 14.1 Å². The number of ether oxygens (including phenoxy) is 1. The Kier molecular flexibility index (Phi) is 4.51. The van der Waals surface area contributed by atoms with Gasteiger partial charge in [-0.25, -0.2) is 4.79 Å². The van der Waals surface area contributed by atoms with E-state index in [0.29, 0.717) is 28.6 Å². The van der Waals surface area contributed by atoms with Crippen molar-refractivity contribution >= 4 is 16.9 Å². The van der Waals surface area contributed by atoms with Crippen molar-refractivity contribution in [1.29, 1.82) is 0 Å². The molecule has 1 heterocycles. The van der Waals surface area contributed by atoms with E-state index < -0.39 is 11.6 Å². The van der Waals surface area contributed by atoms with Crippen LogP contribution in [0.15, 0.2) is 21.3 Å². The lowest BCUT2D eigenvalue weighted by atomic mass is 10.0. The number of benzene rings is 1. The molecule has 118 valence electrons. The highest BCUT2D eigenvalue weighted by molar-refractivity contribution is 5.86. The lowest BCUT2D eigenvalue weighted by molar-refractivity contribution is -0.872. The van der Waals surface area contributed by atoms with Crippen LogP contribution in [0.25, 0.3) is 11.0 Å². The smallest absolute Gasteiger partial charge is 0.340 e. The first-order valence-electron chi connectivity index (χ1n) is 6.98. The van der Waals surface area contributed by atoms with Crippen molar-refractivity contribution in [2.75, 3.05) is 21.2 Å². The van der Waals surface area contributed by atoms with Gasteiger partial charge in [0, 0.05) is 5.39 Å². The van der Waals surface area contributed by atoms with Gasteiger partial charge in [0.25, 0.3) is 0 Å². The van der Waals surface area contributed by atoms with Gasteiger partial charge in [0.1, 0.15) is 12.3 Å². The van der Waals surface area contributed by atoms with Crippen molar-refractivity contribution in [1.82, 2.24) is 0 Å². The van der Waals surface area contributed by atoms with Crippen molar-refractivity contribution in [2.45, 2.75) is 19.9 Å². The van der Waals surface area contributed by atoms with Crippen molar-refractivity contribution in [3.05, 3.63) is 39.2 Å². The third-order valence-electron chi connectivity index (χ3n) is 3.61. The lowest BCUT2D eigenvalue weighted by Gasteiger charge is -2.13. The Morgan fingerprint density at radius 2 is 2.00 bits per heavy atom. The summed E-state index contributed by atoms with van der Waals surface area (Å²) in [6, 6.07) is 3.27. The Bertz CT molecular complexity index is 776. The number of phenols is 1. The Morgan fingerprint density at radius 3 is 2.59 bits per heavy atom. The van der Waals surface area contributed by atoms with Crippen LogP contribution in [0.4, 0.5) is 0 Å². The maximum atomic E-state index is 12.2. The van der Waals surface area contributed by atoms with E-state index in [2.05, 4.69) is 4.74 Å². The van der Waals surface area contributed by atoms with Gasteiger partial charge in [-0.05, 0) is 24.6 Å². The molecule has 6 heteroatoms. The largest absolute Gasteiger partial charge is 0.507 e. The van der Waals surface area contributed by atoms with Crippen LogP contribution in [-0.4, -0.2) is 32.3 Å². The van der Waals surface area contributed by atoms with Gasteiger partial charge >= 0.3 is 11.6 Å². The van der Waals surface area contributed by atoms with E-state index in [4.69, 9.17) is 4.42 Å². The zero-order valence-corrected chi connectivity index (χ0v) is 13.1. The number of hydrogen-bond acceptors (Lipinski definition) is 5. The van der Waals surface area contributed by atoms with Crippen LogP contribution in [0.1, 0.15) is 16.7 Å². The molecular formula is C16H20NO5+. The second-order valence-corrected chi connectivity index (χ2v) is 5.57. The predicted molar refractivity (Wildman–Crippen MR) is 81.1 cm³/mol. The molecule has 2 rings (SSSR count). The molecule has 2 aromatic rings. The van der Waals surface area contributed by atoms with Gasteiger partial charge < -0.3 is 19.2 Å². The summed E-state index contributed by atoms with van der Waals surface area (Å²) in [5.74, 6) is -0.400. The Morgan fingerprint density at radius 1 is 1.32 bits per heavy atom. The Hall–Kier alpha value is -2.34. The number of nitrogens with one attached hydrogen (secondary N) is 1. The molecule has 2 N–H and O–H groups in total. The summed E-state index contributed by atoms with van der Waals surface area (Å²) in [4.78, 5) is 24.7. The molecule has 1 aromatic carbocycles. The number of fused-ring (bicyclic) bond motifs is 1. The van der Waals surface area contributed by atoms with Crippen molar-refractivity contribution in [3.8, 4) is 5.75 Å². The molecule has 0 unspecified atom stereocenters. The number of aryl methyl sites for hydroxylation is 1. The van der Waals surface area contributed by atoms with Crippen LogP contribution < -0.4 is 10.5 Å². The highest BCUT2D eigenvalue weighted by atomic mass is 16.5. The number of phenolic OH excluding ortho intramolecular Hbond substituents is 1. The Balaban J connectivity index is 2.70. The number of aromatic hydroxyl groups is 1. The number of quaternary nitrogens is 1. The van der Waals surface area contributed by atoms with E-state index in [9.17, 15) is 14.7 Å². The molecule has 0 aliphatic rings. The molecule has 0 spiro atoms. The molecule has 0 saturated carbocycles. The third kappa shape index (κ3) is 2.96. The number of carbonyl (C=O) groups excluding carboxylic acids is 1. The first-order valence-corrected chi connectivity index (χ1v) is 6.98. The molecule has 6 nitrogen and oxygen atoms in total. The second kappa shape index (κ2) is 6.19. The summed E-state index contributed by atoms with van der Waals surface area (Å²) in [5.41, 5.74) is 1.34. The van der Waals surface area contributed by atoms with Crippen molar-refractivity contribution < 1.29 is 24.0 Å². The van der Waals surface area contributed by atoms with E-state index in [1.54, 1.807) is 19.1 Å². The fourth-order valence-electron chi connectivity index (χ4n) is 2.44. The lowest BCUT2D eigenvalue weighted by Crippen LogP contribution is -3.04. The Labute approximate surface area is 127 Å². The monoisotopic (exact) mass is 306 g/mol. The van der Waals surface area contributed by atoms with Crippen molar-refractivity contribution in [3.63, 3.8) is 0 Å². The van der Waals surface area contributed by atoms with Crippen molar-refractivity contribution in [2.24, 2.45) is 0 Å². The molecule has 0 saturated heterocycles. The zero-order chi connectivity index (χ0) is 16.4. The fraction of sp³-hybridized carbons (Fsp3) is 0.375. The van der Waals surface area contributed by atoms with Crippen LogP contribution in [-0.2, 0) is 22.5 Å². The molecule has 0 amide bonds. The molecule has 1 aromatic heterocycles. The number of rotatable bonds is 4. The van der Waals surface area contributed by atoms with E-state index in [1.165, 1.54) is 7.11 Å². The molecule has 0 fully saturated rings. The van der Waals surface area contributed by atoms with Gasteiger partial charge in [-0.3, -0.25) is 4.79 Å². The summed E-state index contributed by atoms with van der Waals surface area (Å²) in [6.45, 7) is 2.28. The topological polar surface area (TPSA) is 81.2 Å². The minimum absolute atomic E-state index is 0.0944. The van der Waals surface area contributed by atoms with Crippen LogP contribution in [0.5, 0.6) is 5.75 Å². The summed E-state index contributed by atoms with van der Waals surface area (Å²) < 4.78 is 10.0. The van der Waals surface area contributed by atoms with Gasteiger partial charge in [0.05, 0.1) is 38.8 Å². The van der Waals surface area contributed by atoms with Gasteiger partial charge in [-0.2, -0.15) is 0 Å². The average molecular weight is 306 g/mol. The molecule has 22 heavy (non-hydrogen) atoms. The zero-order valence-electron chi connectivity index (χ0n) is 13.1. The highest BCUT2D eigenvalue weighted by Gasteiger charge is 2.19. The minimum atomic E-state index is -0.573. The minimum Gasteiger partial charge on any atom is -0.507 e. The first kappa shape index (κ1) is 16.0. The van der Waals surface area contributed by atoms with Crippen LogP contribution in [0.3, 0.4) is 0 Å². The third-order valence-corrected chi connectivity index (χ3v) is 3.61. The molecule has 0 atom stereocenters. The first-order chi connectivity index (χ1) is 10.3. The summed E-state index contributed by atoms with van der Waals surface area (Å²) in [7, 11) is 5.15. The predicted octanol–water partition coefficient (Wildman–Crippen LogP) is 0.167. The van der Waals surface area contributed by atoms with Crippen LogP contribution in [0.2, 0.25) is 0 Å². The number of hydrogen-bond donors (Lipinski definition) is 2. The second-order valence-electron chi connectivity index (χ2n) is 5.57. The fourth-order valence-corrected chi connectivity index (χ4v) is 2.44. The van der Waals surface area contributed by atoms with Gasteiger partial charge in [0.15, 0.2) is 5.58 Å². The maximum Gasteiger partial charge on any atom is 0.340 e. The standard InChI is InChI=1S/C16H19NO5/c1-9-10-5-6-13(18)12(8-17(2)3)15(10)22-16(20)11(9)7-14(19)21-4/h5-6,18H,7-8H2,1-4H3/p+1. The number of esters is 1. The average Bonchev–Trinajstić information content (AvgIpc) is 2.46. The quantitative estimate of drug-likeness (QED) is 0.621. The number of methoxy groups -OCH3 is 1. The molecular weight excluding hydrogens is 286 g/mol. The van der Waals surface area contributed by atoms with Gasteiger partial charge in [-0.15, -0.1) is 0 Å². The molecule has 0 aliphatic carbocycles.